The Morgan fingerprint density at radius 2 is 2.00 bits per heavy atom. The van der Waals surface area contributed by atoms with Crippen LogP contribution in [0.5, 0.6) is 5.75 Å². The zero-order valence-electron chi connectivity index (χ0n) is 12.7. The van der Waals surface area contributed by atoms with Crippen molar-refractivity contribution in [2.75, 3.05) is 20.2 Å². The lowest BCUT2D eigenvalue weighted by Gasteiger charge is -2.15. The Kier molecular flexibility index (Phi) is 9.22. The summed E-state index contributed by atoms with van der Waals surface area (Å²) in [7, 11) is 1.64. The number of ether oxygens (including phenoxy) is 1. The molecule has 22 heavy (non-hydrogen) atoms. The lowest BCUT2D eigenvalue weighted by atomic mass is 10.2. The van der Waals surface area contributed by atoms with Crippen molar-refractivity contribution < 1.29 is 17.9 Å². The molecule has 2 N–H and O–H groups in total. The van der Waals surface area contributed by atoms with Crippen LogP contribution in [-0.4, -0.2) is 32.2 Å². The third-order valence-electron chi connectivity index (χ3n) is 2.47. The fraction of sp³-hybridized carbons (Fsp3) is 0.500. The van der Waals surface area contributed by atoms with E-state index in [0.29, 0.717) is 12.5 Å². The maximum atomic E-state index is 12.5. The quantitative estimate of drug-likeness (QED) is 0.326. The maximum absolute atomic E-state index is 12.5. The second kappa shape index (κ2) is 9.75. The average Bonchev–Trinajstić information content (AvgIpc) is 2.41. The molecule has 1 aromatic carbocycles. The van der Waals surface area contributed by atoms with Gasteiger partial charge in [-0.05, 0) is 32.0 Å². The van der Waals surface area contributed by atoms with E-state index in [-0.39, 0.29) is 42.4 Å². The van der Waals surface area contributed by atoms with Crippen LogP contribution in [0.2, 0.25) is 0 Å². The summed E-state index contributed by atoms with van der Waals surface area (Å²) < 4.78 is 42.9. The molecule has 1 rings (SSSR count). The first kappa shape index (κ1) is 20.8. The summed E-state index contributed by atoms with van der Waals surface area (Å²) in [6, 6.07) is 5.06. The number of halogens is 4. The van der Waals surface area contributed by atoms with E-state index in [1.807, 2.05) is 13.8 Å². The van der Waals surface area contributed by atoms with Crippen molar-refractivity contribution in [3.05, 3.63) is 29.8 Å². The molecule has 0 fully saturated rings. The standard InChI is InChI=1S/C14H20F3N3O.HI/c1-10(2)20-13(18-3)19-7-8-21-12-6-4-5-11(9-12)14(15,16)17;/h4-6,9-10H,7-8H2,1-3H3,(H2,18,19,20);1H. The van der Waals surface area contributed by atoms with Crippen LogP contribution in [0.15, 0.2) is 29.3 Å². The van der Waals surface area contributed by atoms with E-state index >= 15 is 0 Å². The Morgan fingerprint density at radius 3 is 2.55 bits per heavy atom. The Hall–Kier alpha value is -1.19. The van der Waals surface area contributed by atoms with Crippen LogP contribution in [0.1, 0.15) is 19.4 Å². The normalized spacial score (nSPS) is 11.9. The second-order valence-electron chi connectivity index (χ2n) is 4.67. The lowest BCUT2D eigenvalue weighted by molar-refractivity contribution is -0.137. The van der Waals surface area contributed by atoms with E-state index in [1.165, 1.54) is 12.1 Å². The van der Waals surface area contributed by atoms with Gasteiger partial charge in [-0.3, -0.25) is 4.99 Å². The Labute approximate surface area is 145 Å². The smallest absolute Gasteiger partial charge is 0.416 e. The summed E-state index contributed by atoms with van der Waals surface area (Å²) in [5.41, 5.74) is -0.717. The van der Waals surface area contributed by atoms with E-state index < -0.39 is 11.7 Å². The second-order valence-corrected chi connectivity index (χ2v) is 4.67. The van der Waals surface area contributed by atoms with E-state index in [4.69, 9.17) is 4.74 Å². The van der Waals surface area contributed by atoms with Gasteiger partial charge in [-0.2, -0.15) is 13.2 Å². The van der Waals surface area contributed by atoms with E-state index in [2.05, 4.69) is 15.6 Å². The van der Waals surface area contributed by atoms with E-state index in [9.17, 15) is 13.2 Å². The first-order chi connectivity index (χ1) is 9.82. The number of guanidine groups is 1. The van der Waals surface area contributed by atoms with Crippen LogP contribution >= 0.6 is 24.0 Å². The van der Waals surface area contributed by atoms with Crippen LogP contribution in [-0.2, 0) is 6.18 Å². The first-order valence-electron chi connectivity index (χ1n) is 6.60. The Balaban J connectivity index is 0.00000441. The molecule has 1 aromatic rings. The maximum Gasteiger partial charge on any atom is 0.416 e. The molecular formula is C14H21F3IN3O. The van der Waals surface area contributed by atoms with Crippen LogP contribution in [0.3, 0.4) is 0 Å². The van der Waals surface area contributed by atoms with Crippen molar-refractivity contribution in [2.45, 2.75) is 26.1 Å². The summed E-state index contributed by atoms with van der Waals surface area (Å²) in [6.07, 6.45) is -4.36. The summed E-state index contributed by atoms with van der Waals surface area (Å²) in [6.45, 7) is 4.63. The van der Waals surface area contributed by atoms with Gasteiger partial charge >= 0.3 is 6.18 Å². The molecule has 0 spiro atoms. The molecule has 126 valence electrons. The highest BCUT2D eigenvalue weighted by molar-refractivity contribution is 14.0. The minimum atomic E-state index is -4.36. The highest BCUT2D eigenvalue weighted by atomic mass is 127. The highest BCUT2D eigenvalue weighted by Gasteiger charge is 2.30. The predicted octanol–water partition coefficient (Wildman–Crippen LogP) is 3.28. The number of hydrogen-bond acceptors (Lipinski definition) is 2. The van der Waals surface area contributed by atoms with Crippen molar-refractivity contribution in [1.29, 1.82) is 0 Å². The number of aliphatic imine (C=N–C) groups is 1. The zero-order chi connectivity index (χ0) is 15.9. The number of nitrogens with zero attached hydrogens (tertiary/aromatic N) is 1. The van der Waals surface area contributed by atoms with Crippen LogP contribution in [0.4, 0.5) is 13.2 Å². The molecule has 4 nitrogen and oxygen atoms in total. The molecule has 0 aromatic heterocycles. The van der Waals surface area contributed by atoms with E-state index in [1.54, 1.807) is 7.05 Å². The van der Waals surface area contributed by atoms with Crippen LogP contribution in [0.25, 0.3) is 0 Å². The van der Waals surface area contributed by atoms with Crippen LogP contribution in [0, 0.1) is 0 Å². The number of alkyl halides is 3. The monoisotopic (exact) mass is 431 g/mol. The van der Waals surface area contributed by atoms with Gasteiger partial charge < -0.3 is 15.4 Å². The van der Waals surface area contributed by atoms with Gasteiger partial charge in [-0.25, -0.2) is 0 Å². The Morgan fingerprint density at radius 1 is 1.32 bits per heavy atom. The lowest BCUT2D eigenvalue weighted by Crippen LogP contribution is -2.42. The number of rotatable bonds is 5. The molecule has 0 unspecified atom stereocenters. The SMILES string of the molecule is CN=C(NCCOc1cccc(C(F)(F)F)c1)NC(C)C.I. The van der Waals surface area contributed by atoms with Crippen LogP contribution < -0.4 is 15.4 Å². The number of benzene rings is 1. The van der Waals surface area contributed by atoms with Gasteiger partial charge in [0.2, 0.25) is 0 Å². The largest absolute Gasteiger partial charge is 0.492 e. The molecule has 0 saturated carbocycles. The summed E-state index contributed by atoms with van der Waals surface area (Å²) in [5, 5.41) is 6.10. The molecule has 0 atom stereocenters. The summed E-state index contributed by atoms with van der Waals surface area (Å²) in [4.78, 5) is 4.01. The van der Waals surface area contributed by atoms with Gasteiger partial charge in [0.25, 0.3) is 0 Å². The topological polar surface area (TPSA) is 45.7 Å². The summed E-state index contributed by atoms with van der Waals surface area (Å²) >= 11 is 0. The molecular weight excluding hydrogens is 410 g/mol. The van der Waals surface area contributed by atoms with Gasteiger partial charge in [0.1, 0.15) is 12.4 Å². The molecule has 0 saturated heterocycles. The predicted molar refractivity (Wildman–Crippen MR) is 92.0 cm³/mol. The van der Waals surface area contributed by atoms with Crippen molar-refractivity contribution in [3.63, 3.8) is 0 Å². The molecule has 0 aliphatic rings. The van der Waals surface area contributed by atoms with Gasteiger partial charge in [-0.15, -0.1) is 24.0 Å². The van der Waals surface area contributed by atoms with Gasteiger partial charge in [-0.1, -0.05) is 6.07 Å². The fourth-order valence-corrected chi connectivity index (χ4v) is 1.57. The van der Waals surface area contributed by atoms with E-state index in [0.717, 1.165) is 12.1 Å². The minimum absolute atomic E-state index is 0. The minimum Gasteiger partial charge on any atom is -0.492 e. The molecule has 0 heterocycles. The molecule has 0 amide bonds. The molecule has 8 heteroatoms. The number of hydrogen-bond donors (Lipinski definition) is 2. The van der Waals surface area contributed by atoms with Crippen molar-refractivity contribution in [1.82, 2.24) is 10.6 Å². The van der Waals surface area contributed by atoms with Crippen molar-refractivity contribution in [3.8, 4) is 5.75 Å². The first-order valence-corrected chi connectivity index (χ1v) is 6.60. The summed E-state index contributed by atoms with van der Waals surface area (Å²) in [5.74, 6) is 0.816. The Bertz CT molecular complexity index is 479. The van der Waals surface area contributed by atoms with Gasteiger partial charge in [0.15, 0.2) is 5.96 Å². The van der Waals surface area contributed by atoms with Crippen molar-refractivity contribution in [2.24, 2.45) is 4.99 Å². The third kappa shape index (κ3) is 7.71. The third-order valence-corrected chi connectivity index (χ3v) is 2.47. The van der Waals surface area contributed by atoms with Crippen molar-refractivity contribution >= 4 is 29.9 Å². The molecule has 0 aliphatic heterocycles. The van der Waals surface area contributed by atoms with Gasteiger partial charge in [0, 0.05) is 13.1 Å². The number of nitrogens with one attached hydrogen (secondary N) is 2. The fourth-order valence-electron chi connectivity index (χ4n) is 1.57. The van der Waals surface area contributed by atoms with Gasteiger partial charge in [0.05, 0.1) is 12.1 Å². The molecule has 0 radical (unpaired) electrons. The average molecular weight is 431 g/mol. The molecule has 0 bridgehead atoms. The zero-order valence-corrected chi connectivity index (χ0v) is 15.0. The highest BCUT2D eigenvalue weighted by Crippen LogP contribution is 2.31. The molecule has 0 aliphatic carbocycles.